The largest absolute Gasteiger partial charge is 0.455 e. The van der Waals surface area contributed by atoms with Gasteiger partial charge in [-0.05, 0) is 61.2 Å². The third kappa shape index (κ3) is 2.66. The van der Waals surface area contributed by atoms with Gasteiger partial charge in [0.2, 0.25) is 0 Å². The van der Waals surface area contributed by atoms with Crippen molar-refractivity contribution in [2.45, 2.75) is 13.7 Å². The first kappa shape index (κ1) is 14.0. The molecule has 4 nitrogen and oxygen atoms in total. The van der Waals surface area contributed by atoms with Crippen molar-refractivity contribution in [2.75, 3.05) is 0 Å². The van der Waals surface area contributed by atoms with E-state index >= 15 is 0 Å². The molecule has 0 aliphatic heterocycles. The average molecular weight is 446 g/mol. The number of para-hydroxylation sites is 2. The van der Waals surface area contributed by atoms with E-state index < -0.39 is 13.7 Å². The molecular formula is C30H21N3O. The summed E-state index contributed by atoms with van der Waals surface area (Å²) in [6.45, 7) is -5.03. The van der Waals surface area contributed by atoms with E-state index in [-0.39, 0.29) is 16.7 Å². The van der Waals surface area contributed by atoms with Crippen molar-refractivity contribution in [3.8, 4) is 16.9 Å². The maximum atomic E-state index is 8.07. The molecule has 0 fully saturated rings. The summed E-state index contributed by atoms with van der Waals surface area (Å²) in [6, 6.07) is 22.2. The molecule has 0 unspecified atom stereocenters. The molecule has 0 aliphatic carbocycles. The molecule has 7 aromatic rings. The molecule has 0 saturated heterocycles. The second-order valence-corrected chi connectivity index (χ2v) is 8.34. The second kappa shape index (κ2) is 7.03. The van der Waals surface area contributed by atoms with E-state index in [4.69, 9.17) is 17.6 Å². The molecule has 4 aromatic heterocycles. The summed E-state index contributed by atoms with van der Waals surface area (Å²) in [6.07, 6.45) is 5.42. The number of aryl methyl sites for hydroxylation is 2. The molecule has 0 aliphatic rings. The van der Waals surface area contributed by atoms with Crippen LogP contribution in [0.1, 0.15) is 19.4 Å². The Morgan fingerprint density at radius 3 is 2.59 bits per heavy atom. The van der Waals surface area contributed by atoms with Crippen LogP contribution in [-0.4, -0.2) is 14.5 Å². The van der Waals surface area contributed by atoms with Crippen LogP contribution in [0.15, 0.2) is 95.8 Å². The molecule has 0 atom stereocenters. The number of pyridine rings is 2. The SMILES string of the molecule is [2H]C([2H])([2H])c1cc(C([2H])([2H])[2H])c2oc3c(-c4cc5c(cn4)c4ccncc4n5-c4ccccc4)cccc3c2c1. The lowest BCUT2D eigenvalue weighted by molar-refractivity contribution is 0.666. The van der Waals surface area contributed by atoms with E-state index in [1.54, 1.807) is 6.20 Å². The van der Waals surface area contributed by atoms with Crippen molar-refractivity contribution in [1.29, 1.82) is 0 Å². The van der Waals surface area contributed by atoms with Gasteiger partial charge < -0.3 is 8.98 Å². The van der Waals surface area contributed by atoms with Gasteiger partial charge in [-0.25, -0.2) is 0 Å². The maximum absolute atomic E-state index is 8.07. The third-order valence-corrected chi connectivity index (χ3v) is 6.34. The Labute approximate surface area is 204 Å². The van der Waals surface area contributed by atoms with Gasteiger partial charge in [-0.2, -0.15) is 0 Å². The molecule has 0 N–H and O–H groups in total. The average Bonchev–Trinajstić information content (AvgIpc) is 3.47. The zero-order valence-corrected chi connectivity index (χ0v) is 17.9. The number of aromatic nitrogens is 3. The number of benzene rings is 3. The predicted octanol–water partition coefficient (Wildman–Crippen LogP) is 7.76. The van der Waals surface area contributed by atoms with Gasteiger partial charge in [-0.15, -0.1) is 0 Å². The smallest absolute Gasteiger partial charge is 0.144 e. The summed E-state index contributed by atoms with van der Waals surface area (Å²) in [7, 11) is 0. The zero-order valence-electron chi connectivity index (χ0n) is 23.9. The minimum atomic E-state index is -2.56. The van der Waals surface area contributed by atoms with Crippen molar-refractivity contribution >= 4 is 43.7 Å². The highest BCUT2D eigenvalue weighted by atomic mass is 16.3. The van der Waals surface area contributed by atoms with Crippen molar-refractivity contribution in [2.24, 2.45) is 0 Å². The lowest BCUT2D eigenvalue weighted by Crippen LogP contribution is -1.94. The van der Waals surface area contributed by atoms with Gasteiger partial charge in [0.15, 0.2) is 0 Å². The minimum absolute atomic E-state index is 0.0419. The first-order valence-corrected chi connectivity index (χ1v) is 10.9. The number of nitrogens with zero attached hydrogens (tertiary/aromatic N) is 3. The molecule has 4 heterocycles. The van der Waals surface area contributed by atoms with E-state index in [0.717, 1.165) is 27.5 Å². The van der Waals surface area contributed by atoms with Crippen LogP contribution >= 0.6 is 0 Å². The van der Waals surface area contributed by atoms with Gasteiger partial charge in [0, 0.05) is 53.4 Å². The van der Waals surface area contributed by atoms with Crippen LogP contribution in [0, 0.1) is 13.7 Å². The van der Waals surface area contributed by atoms with Gasteiger partial charge in [0.25, 0.3) is 0 Å². The van der Waals surface area contributed by atoms with Gasteiger partial charge in [-0.3, -0.25) is 9.97 Å². The molecule has 3 aromatic carbocycles. The summed E-state index contributed by atoms with van der Waals surface area (Å²) in [5.41, 5.74) is 4.60. The monoisotopic (exact) mass is 445 g/mol. The molecule has 0 amide bonds. The molecule has 34 heavy (non-hydrogen) atoms. The summed E-state index contributed by atoms with van der Waals surface area (Å²) in [4.78, 5) is 9.14. The fourth-order valence-corrected chi connectivity index (χ4v) is 4.86. The van der Waals surface area contributed by atoms with E-state index in [0.29, 0.717) is 27.6 Å². The number of furan rings is 1. The van der Waals surface area contributed by atoms with Crippen LogP contribution in [0.25, 0.3) is 60.7 Å². The highest BCUT2D eigenvalue weighted by molar-refractivity contribution is 6.12. The normalized spacial score (nSPS) is 15.2. The topological polar surface area (TPSA) is 43.9 Å². The molecule has 4 heteroatoms. The molecule has 0 spiro atoms. The summed E-state index contributed by atoms with van der Waals surface area (Å²) in [5.74, 6) is 0. The Bertz CT molecular complexity index is 2090. The standard InChI is InChI=1S/C30H21N3O/c1-18-13-19(2)29-24(14-18)22-9-6-10-23(30(22)34-29)26-15-27-25(16-32-26)21-11-12-31-17-28(21)33(27)20-7-4-3-5-8-20/h3-17H,1-2H3/i1D3,2D3. The van der Waals surface area contributed by atoms with Gasteiger partial charge >= 0.3 is 0 Å². The van der Waals surface area contributed by atoms with Gasteiger partial charge in [-0.1, -0.05) is 36.4 Å². The second-order valence-electron chi connectivity index (χ2n) is 8.34. The van der Waals surface area contributed by atoms with E-state index in [9.17, 15) is 0 Å². The maximum Gasteiger partial charge on any atom is 0.144 e. The zero-order chi connectivity index (χ0) is 27.8. The number of fused-ring (bicyclic) bond motifs is 6. The Morgan fingerprint density at radius 1 is 0.765 bits per heavy atom. The van der Waals surface area contributed by atoms with Crippen LogP contribution in [0.3, 0.4) is 0 Å². The predicted molar refractivity (Wildman–Crippen MR) is 139 cm³/mol. The van der Waals surface area contributed by atoms with Crippen LogP contribution < -0.4 is 0 Å². The van der Waals surface area contributed by atoms with Crippen molar-refractivity contribution in [3.63, 3.8) is 0 Å². The molecular weight excluding hydrogens is 418 g/mol. The van der Waals surface area contributed by atoms with E-state index in [2.05, 4.69) is 9.55 Å². The van der Waals surface area contributed by atoms with Crippen LogP contribution in [0.5, 0.6) is 0 Å². The fraction of sp³-hybridized carbons (Fsp3) is 0.0667. The van der Waals surface area contributed by atoms with Crippen molar-refractivity contribution in [3.05, 3.63) is 103 Å². The highest BCUT2D eigenvalue weighted by Gasteiger charge is 2.18. The van der Waals surface area contributed by atoms with Crippen LogP contribution in [-0.2, 0) is 0 Å². The number of hydrogen-bond acceptors (Lipinski definition) is 3. The molecule has 0 saturated carbocycles. The fourth-order valence-electron chi connectivity index (χ4n) is 4.86. The lowest BCUT2D eigenvalue weighted by Gasteiger charge is -2.08. The van der Waals surface area contributed by atoms with E-state index in [1.165, 1.54) is 12.1 Å². The van der Waals surface area contributed by atoms with Crippen LogP contribution in [0.4, 0.5) is 0 Å². The third-order valence-electron chi connectivity index (χ3n) is 6.34. The number of hydrogen-bond donors (Lipinski definition) is 0. The minimum Gasteiger partial charge on any atom is -0.455 e. The molecule has 0 bridgehead atoms. The Morgan fingerprint density at radius 2 is 1.71 bits per heavy atom. The van der Waals surface area contributed by atoms with Crippen LogP contribution in [0.2, 0.25) is 0 Å². The lowest BCUT2D eigenvalue weighted by atomic mass is 10.0. The first-order valence-electron chi connectivity index (χ1n) is 13.9. The first-order chi connectivity index (χ1) is 19.1. The van der Waals surface area contributed by atoms with Crippen molar-refractivity contribution in [1.82, 2.24) is 14.5 Å². The van der Waals surface area contributed by atoms with Crippen molar-refractivity contribution < 1.29 is 12.6 Å². The Balaban J connectivity index is 1.53. The van der Waals surface area contributed by atoms with E-state index in [1.807, 2.05) is 73.1 Å². The quantitative estimate of drug-likeness (QED) is 0.273. The molecule has 7 rings (SSSR count). The molecule has 162 valence electrons. The van der Waals surface area contributed by atoms with Gasteiger partial charge in [0.05, 0.1) is 22.9 Å². The summed E-state index contributed by atoms with van der Waals surface area (Å²) in [5, 5.41) is 3.06. The van der Waals surface area contributed by atoms with Gasteiger partial charge in [0.1, 0.15) is 11.2 Å². The summed E-state index contributed by atoms with van der Waals surface area (Å²) < 4.78 is 56.3. The summed E-state index contributed by atoms with van der Waals surface area (Å²) >= 11 is 0. The molecule has 0 radical (unpaired) electrons. The Kier molecular flexibility index (Phi) is 2.89. The highest BCUT2D eigenvalue weighted by Crippen LogP contribution is 2.39. The number of rotatable bonds is 2. The Hall–Kier alpha value is -4.44.